The zero-order valence-electron chi connectivity index (χ0n) is 13.3. The van der Waals surface area contributed by atoms with E-state index in [1.165, 1.54) is 11.1 Å². The quantitative estimate of drug-likeness (QED) is 0.746. The maximum Gasteiger partial charge on any atom is 0.0597 e. The molecule has 1 atom stereocenters. The van der Waals surface area contributed by atoms with Crippen molar-refractivity contribution in [2.24, 2.45) is 0 Å². The predicted octanol–water partition coefficient (Wildman–Crippen LogP) is 2.31. The number of aliphatic hydroxyl groups is 1. The van der Waals surface area contributed by atoms with Gasteiger partial charge in [-0.15, -0.1) is 0 Å². The Morgan fingerprint density at radius 3 is 2.14 bits per heavy atom. The first-order valence-electron chi connectivity index (χ1n) is 7.88. The van der Waals surface area contributed by atoms with E-state index >= 15 is 0 Å². The first kappa shape index (κ1) is 16.7. The normalized spacial score (nSPS) is 12.5. The predicted molar refractivity (Wildman–Crippen MR) is 91.8 cm³/mol. The van der Waals surface area contributed by atoms with Gasteiger partial charge in [0.2, 0.25) is 0 Å². The van der Waals surface area contributed by atoms with Gasteiger partial charge in [-0.3, -0.25) is 0 Å². The molecule has 0 heterocycles. The van der Waals surface area contributed by atoms with Crippen molar-refractivity contribution in [1.29, 1.82) is 0 Å². The van der Waals surface area contributed by atoms with Gasteiger partial charge >= 0.3 is 0 Å². The van der Waals surface area contributed by atoms with E-state index in [9.17, 15) is 5.11 Å². The number of nitrogens with zero attached hydrogens (tertiary/aromatic N) is 1. The van der Waals surface area contributed by atoms with E-state index < -0.39 is 0 Å². The Labute approximate surface area is 133 Å². The molecule has 1 unspecified atom stereocenters. The molecule has 0 amide bonds. The van der Waals surface area contributed by atoms with Crippen LogP contribution in [0.5, 0.6) is 0 Å². The molecule has 0 saturated carbocycles. The van der Waals surface area contributed by atoms with Crippen LogP contribution in [0.25, 0.3) is 0 Å². The van der Waals surface area contributed by atoms with Crippen LogP contribution in [0.1, 0.15) is 11.1 Å². The highest BCUT2D eigenvalue weighted by molar-refractivity contribution is 5.15. The molecule has 2 aromatic carbocycles. The molecule has 0 fully saturated rings. The second kappa shape index (κ2) is 9.36. The van der Waals surface area contributed by atoms with Gasteiger partial charge in [0.25, 0.3) is 0 Å². The summed E-state index contributed by atoms with van der Waals surface area (Å²) in [4.78, 5) is 2.27. The number of benzene rings is 2. The number of rotatable bonds is 9. The van der Waals surface area contributed by atoms with Gasteiger partial charge in [0.15, 0.2) is 0 Å². The molecule has 2 rings (SSSR count). The molecule has 0 spiro atoms. The lowest BCUT2D eigenvalue weighted by Gasteiger charge is -2.23. The van der Waals surface area contributed by atoms with Crippen LogP contribution in [0, 0.1) is 0 Å². The lowest BCUT2D eigenvalue weighted by atomic mass is 10.1. The smallest absolute Gasteiger partial charge is 0.0597 e. The second-order valence-corrected chi connectivity index (χ2v) is 5.74. The Morgan fingerprint density at radius 2 is 1.55 bits per heavy atom. The highest BCUT2D eigenvalue weighted by Crippen LogP contribution is 2.02. The molecule has 0 aliphatic heterocycles. The summed E-state index contributed by atoms with van der Waals surface area (Å²) in [5.41, 5.74) is 2.60. The maximum absolute atomic E-state index is 9.55. The molecule has 0 radical (unpaired) electrons. The van der Waals surface area contributed by atoms with Crippen LogP contribution in [-0.4, -0.2) is 42.8 Å². The van der Waals surface area contributed by atoms with Gasteiger partial charge in [-0.1, -0.05) is 60.7 Å². The van der Waals surface area contributed by atoms with Crippen molar-refractivity contribution in [1.82, 2.24) is 10.2 Å². The minimum absolute atomic E-state index is 0.0981. The minimum Gasteiger partial charge on any atom is -0.395 e. The largest absolute Gasteiger partial charge is 0.395 e. The summed E-state index contributed by atoms with van der Waals surface area (Å²) in [5.74, 6) is 0. The highest BCUT2D eigenvalue weighted by Gasteiger charge is 2.10. The van der Waals surface area contributed by atoms with Crippen LogP contribution in [0.3, 0.4) is 0 Å². The number of aliphatic hydroxyl groups excluding tert-OH is 1. The van der Waals surface area contributed by atoms with E-state index in [1.807, 2.05) is 24.3 Å². The van der Waals surface area contributed by atoms with E-state index in [1.54, 1.807) is 0 Å². The first-order chi connectivity index (χ1) is 10.8. The zero-order chi connectivity index (χ0) is 15.6. The molecular formula is C19H26N2O. The van der Waals surface area contributed by atoms with E-state index in [2.05, 4.69) is 53.7 Å². The Bertz CT molecular complexity index is 515. The van der Waals surface area contributed by atoms with Gasteiger partial charge in [-0.05, 0) is 24.6 Å². The molecule has 0 aliphatic carbocycles. The third-order valence-corrected chi connectivity index (χ3v) is 3.82. The van der Waals surface area contributed by atoms with Crippen LogP contribution < -0.4 is 5.32 Å². The topological polar surface area (TPSA) is 35.5 Å². The zero-order valence-corrected chi connectivity index (χ0v) is 13.3. The summed E-state index contributed by atoms with van der Waals surface area (Å²) in [5, 5.41) is 13.0. The summed E-state index contributed by atoms with van der Waals surface area (Å²) >= 11 is 0. The molecule has 0 aromatic heterocycles. The van der Waals surface area contributed by atoms with Crippen LogP contribution >= 0.6 is 0 Å². The summed E-state index contributed by atoms with van der Waals surface area (Å²) in [6.45, 7) is 2.78. The summed E-state index contributed by atoms with van der Waals surface area (Å²) in [6.07, 6.45) is 1.04. The van der Waals surface area contributed by atoms with Crippen molar-refractivity contribution < 1.29 is 5.11 Å². The van der Waals surface area contributed by atoms with Crippen molar-refractivity contribution in [3.05, 3.63) is 71.8 Å². The van der Waals surface area contributed by atoms with Gasteiger partial charge in [0.1, 0.15) is 0 Å². The number of likely N-dealkylation sites (N-methyl/N-ethyl adjacent to an activating group) is 1. The average Bonchev–Trinajstić information content (AvgIpc) is 2.58. The number of hydrogen-bond acceptors (Lipinski definition) is 3. The van der Waals surface area contributed by atoms with E-state index in [0.29, 0.717) is 0 Å². The number of hydrogen-bond donors (Lipinski definition) is 2. The van der Waals surface area contributed by atoms with Crippen LogP contribution in [0.2, 0.25) is 0 Å². The Morgan fingerprint density at radius 1 is 0.955 bits per heavy atom. The molecule has 22 heavy (non-hydrogen) atoms. The SMILES string of the molecule is CN(CCc1ccccc1)CC(CO)NCc1ccccc1. The third-order valence-electron chi connectivity index (χ3n) is 3.82. The number of nitrogens with one attached hydrogen (secondary N) is 1. The van der Waals surface area contributed by atoms with Gasteiger partial charge in [0, 0.05) is 25.7 Å². The van der Waals surface area contributed by atoms with Crippen LogP contribution in [0.4, 0.5) is 0 Å². The fourth-order valence-corrected chi connectivity index (χ4v) is 2.48. The highest BCUT2D eigenvalue weighted by atomic mass is 16.3. The lowest BCUT2D eigenvalue weighted by Crippen LogP contribution is -2.42. The van der Waals surface area contributed by atoms with E-state index in [0.717, 1.165) is 26.1 Å². The second-order valence-electron chi connectivity index (χ2n) is 5.74. The van der Waals surface area contributed by atoms with Gasteiger partial charge in [-0.25, -0.2) is 0 Å². The Balaban J connectivity index is 1.72. The molecule has 2 aromatic rings. The van der Waals surface area contributed by atoms with Crippen molar-refractivity contribution in [3.63, 3.8) is 0 Å². The monoisotopic (exact) mass is 298 g/mol. The Hall–Kier alpha value is -1.68. The molecule has 118 valence electrons. The van der Waals surface area contributed by atoms with Gasteiger partial charge in [0.05, 0.1) is 6.61 Å². The molecule has 0 aliphatic rings. The van der Waals surface area contributed by atoms with Crippen molar-refractivity contribution in [2.75, 3.05) is 26.7 Å². The lowest BCUT2D eigenvalue weighted by molar-refractivity contribution is 0.198. The molecule has 0 saturated heterocycles. The summed E-state index contributed by atoms with van der Waals surface area (Å²) in [6, 6.07) is 20.9. The third kappa shape index (κ3) is 5.98. The Kier molecular flexibility index (Phi) is 7.10. The van der Waals surface area contributed by atoms with Crippen LogP contribution in [0.15, 0.2) is 60.7 Å². The van der Waals surface area contributed by atoms with Gasteiger partial charge in [-0.2, -0.15) is 0 Å². The first-order valence-corrected chi connectivity index (χ1v) is 7.88. The summed E-state index contributed by atoms with van der Waals surface area (Å²) in [7, 11) is 2.11. The van der Waals surface area contributed by atoms with Crippen molar-refractivity contribution in [3.8, 4) is 0 Å². The van der Waals surface area contributed by atoms with Crippen molar-refractivity contribution >= 4 is 0 Å². The standard InChI is InChI=1S/C19H26N2O/c1-21(13-12-17-8-4-2-5-9-17)15-19(16-22)20-14-18-10-6-3-7-11-18/h2-11,19-20,22H,12-16H2,1H3. The van der Waals surface area contributed by atoms with Gasteiger partial charge < -0.3 is 15.3 Å². The molecule has 3 nitrogen and oxygen atoms in total. The average molecular weight is 298 g/mol. The molecular weight excluding hydrogens is 272 g/mol. The van der Waals surface area contributed by atoms with E-state index in [-0.39, 0.29) is 12.6 Å². The summed E-state index contributed by atoms with van der Waals surface area (Å²) < 4.78 is 0. The molecule has 0 bridgehead atoms. The van der Waals surface area contributed by atoms with Crippen LogP contribution in [-0.2, 0) is 13.0 Å². The maximum atomic E-state index is 9.55. The molecule has 2 N–H and O–H groups in total. The fourth-order valence-electron chi connectivity index (χ4n) is 2.48. The molecule has 3 heteroatoms. The fraction of sp³-hybridized carbons (Fsp3) is 0.368. The van der Waals surface area contributed by atoms with E-state index in [4.69, 9.17) is 0 Å². The van der Waals surface area contributed by atoms with Crippen molar-refractivity contribution in [2.45, 2.75) is 19.0 Å². The minimum atomic E-state index is 0.0981.